The molecule has 1 aromatic rings. The second-order valence-corrected chi connectivity index (χ2v) is 6.38. The molecule has 5 nitrogen and oxygen atoms in total. The number of likely N-dealkylation sites (tertiary alicyclic amines) is 1. The van der Waals surface area contributed by atoms with Crippen molar-refractivity contribution in [2.45, 2.75) is 38.8 Å². The van der Waals surface area contributed by atoms with Crippen LogP contribution < -0.4 is 0 Å². The zero-order valence-electron chi connectivity index (χ0n) is 13.1. The molecule has 1 aliphatic heterocycles. The predicted molar refractivity (Wildman–Crippen MR) is 83.4 cm³/mol. The minimum Gasteiger partial charge on any atom is -0.480 e. The van der Waals surface area contributed by atoms with E-state index in [-0.39, 0.29) is 6.54 Å². The molecule has 2 rings (SSSR count). The van der Waals surface area contributed by atoms with Crippen LogP contribution in [0.3, 0.4) is 0 Å². The number of carboxylic acids is 1. The highest BCUT2D eigenvalue weighted by atomic mass is 16.6. The van der Waals surface area contributed by atoms with Gasteiger partial charge in [-0.05, 0) is 31.9 Å². The normalized spacial score (nSPS) is 20.2. The SMILES string of the molecule is CC(C)(C)OC(=O)N1CC(=Cc2ccccc2)C[C@H]1C(=O)O. The van der Waals surface area contributed by atoms with Gasteiger partial charge in [-0.25, -0.2) is 9.59 Å². The van der Waals surface area contributed by atoms with Gasteiger partial charge in [-0.15, -0.1) is 0 Å². The lowest BCUT2D eigenvalue weighted by Gasteiger charge is -2.26. The first-order chi connectivity index (χ1) is 10.3. The van der Waals surface area contributed by atoms with Gasteiger partial charge in [-0.3, -0.25) is 4.90 Å². The van der Waals surface area contributed by atoms with Gasteiger partial charge in [0.05, 0.1) is 0 Å². The van der Waals surface area contributed by atoms with E-state index in [0.717, 1.165) is 11.1 Å². The third-order valence-corrected chi connectivity index (χ3v) is 3.29. The Hall–Kier alpha value is -2.30. The van der Waals surface area contributed by atoms with E-state index >= 15 is 0 Å². The molecule has 1 aromatic carbocycles. The molecular weight excluding hydrogens is 282 g/mol. The zero-order chi connectivity index (χ0) is 16.3. The largest absolute Gasteiger partial charge is 0.480 e. The Morgan fingerprint density at radius 2 is 1.91 bits per heavy atom. The summed E-state index contributed by atoms with van der Waals surface area (Å²) in [7, 11) is 0. The average molecular weight is 303 g/mol. The molecular formula is C17H21NO4. The van der Waals surface area contributed by atoms with Crippen LogP contribution in [0, 0.1) is 0 Å². The molecule has 1 aliphatic rings. The molecule has 0 saturated carbocycles. The van der Waals surface area contributed by atoms with Crippen LogP contribution in [0.1, 0.15) is 32.8 Å². The van der Waals surface area contributed by atoms with Crippen molar-refractivity contribution < 1.29 is 19.4 Å². The van der Waals surface area contributed by atoms with E-state index in [9.17, 15) is 14.7 Å². The minimum absolute atomic E-state index is 0.279. The first-order valence-electron chi connectivity index (χ1n) is 7.23. The van der Waals surface area contributed by atoms with Crippen molar-refractivity contribution in [3.05, 3.63) is 41.5 Å². The van der Waals surface area contributed by atoms with E-state index in [4.69, 9.17) is 4.74 Å². The zero-order valence-corrected chi connectivity index (χ0v) is 13.1. The Labute approximate surface area is 130 Å². The summed E-state index contributed by atoms with van der Waals surface area (Å²) in [4.78, 5) is 24.9. The lowest BCUT2D eigenvalue weighted by Crippen LogP contribution is -2.43. The highest BCUT2D eigenvalue weighted by Gasteiger charge is 2.38. The summed E-state index contributed by atoms with van der Waals surface area (Å²) in [6, 6.07) is 8.77. The van der Waals surface area contributed by atoms with Crippen molar-refractivity contribution in [2.24, 2.45) is 0 Å². The van der Waals surface area contributed by atoms with Crippen LogP contribution in [0.15, 0.2) is 35.9 Å². The van der Waals surface area contributed by atoms with Crippen molar-refractivity contribution in [3.63, 3.8) is 0 Å². The monoisotopic (exact) mass is 303 g/mol. The summed E-state index contributed by atoms with van der Waals surface area (Å²) < 4.78 is 5.30. The molecule has 1 atom stereocenters. The third kappa shape index (κ3) is 4.10. The van der Waals surface area contributed by atoms with Gasteiger partial charge in [0.15, 0.2) is 0 Å². The molecule has 0 bridgehead atoms. The molecule has 1 heterocycles. The molecule has 0 unspecified atom stereocenters. The molecule has 1 fully saturated rings. The van der Waals surface area contributed by atoms with Gasteiger partial charge in [-0.2, -0.15) is 0 Å². The fourth-order valence-electron chi connectivity index (χ4n) is 2.37. The van der Waals surface area contributed by atoms with E-state index in [1.807, 2.05) is 36.4 Å². The molecule has 0 radical (unpaired) electrons. The number of carbonyl (C=O) groups is 2. The van der Waals surface area contributed by atoms with Crippen molar-refractivity contribution in [1.82, 2.24) is 4.90 Å². The number of ether oxygens (including phenoxy) is 1. The Bertz CT molecular complexity index is 586. The van der Waals surface area contributed by atoms with E-state index in [1.165, 1.54) is 4.90 Å². The lowest BCUT2D eigenvalue weighted by atomic mass is 10.1. The van der Waals surface area contributed by atoms with Gasteiger partial charge in [0.2, 0.25) is 0 Å². The first kappa shape index (κ1) is 16.1. The maximum absolute atomic E-state index is 12.2. The molecule has 22 heavy (non-hydrogen) atoms. The summed E-state index contributed by atoms with van der Waals surface area (Å²) in [5, 5.41) is 9.34. The number of hydrogen-bond donors (Lipinski definition) is 1. The first-order valence-corrected chi connectivity index (χ1v) is 7.23. The van der Waals surface area contributed by atoms with Crippen LogP contribution in [0.2, 0.25) is 0 Å². The van der Waals surface area contributed by atoms with Crippen LogP contribution in [0.25, 0.3) is 6.08 Å². The van der Waals surface area contributed by atoms with Crippen LogP contribution in [0.4, 0.5) is 4.79 Å². The summed E-state index contributed by atoms with van der Waals surface area (Å²) in [6.07, 6.45) is 1.67. The predicted octanol–water partition coefficient (Wildman–Crippen LogP) is 3.16. The summed E-state index contributed by atoms with van der Waals surface area (Å²) in [6.45, 7) is 5.56. The number of carboxylic acid groups (broad SMARTS) is 1. The second kappa shape index (κ2) is 6.22. The van der Waals surface area contributed by atoms with E-state index < -0.39 is 23.7 Å². The third-order valence-electron chi connectivity index (χ3n) is 3.29. The fraction of sp³-hybridized carbons (Fsp3) is 0.412. The number of nitrogens with zero attached hydrogens (tertiary/aromatic N) is 1. The highest BCUT2D eigenvalue weighted by Crippen LogP contribution is 2.26. The quantitative estimate of drug-likeness (QED) is 0.911. The Kier molecular flexibility index (Phi) is 4.54. The van der Waals surface area contributed by atoms with E-state index in [0.29, 0.717) is 6.42 Å². The van der Waals surface area contributed by atoms with Gasteiger partial charge in [0.25, 0.3) is 0 Å². The van der Waals surface area contributed by atoms with Crippen LogP contribution in [0.5, 0.6) is 0 Å². The molecule has 118 valence electrons. The minimum atomic E-state index is -1.01. The Morgan fingerprint density at radius 1 is 1.27 bits per heavy atom. The van der Waals surface area contributed by atoms with Crippen molar-refractivity contribution >= 4 is 18.1 Å². The smallest absolute Gasteiger partial charge is 0.411 e. The molecule has 0 aromatic heterocycles. The van der Waals surface area contributed by atoms with E-state index in [2.05, 4.69) is 0 Å². The Morgan fingerprint density at radius 3 is 2.45 bits per heavy atom. The molecule has 1 amide bonds. The number of carbonyl (C=O) groups excluding carboxylic acids is 1. The standard InChI is InChI=1S/C17H21NO4/c1-17(2,3)22-16(21)18-11-13(10-14(18)15(19)20)9-12-7-5-4-6-8-12/h4-9,14H,10-11H2,1-3H3,(H,19,20)/t14-/m0/s1. The molecule has 1 saturated heterocycles. The average Bonchev–Trinajstić information content (AvgIpc) is 2.82. The van der Waals surface area contributed by atoms with E-state index in [1.54, 1.807) is 20.8 Å². The number of benzene rings is 1. The van der Waals surface area contributed by atoms with Gasteiger partial charge in [0.1, 0.15) is 11.6 Å². The van der Waals surface area contributed by atoms with Gasteiger partial charge >= 0.3 is 12.1 Å². The van der Waals surface area contributed by atoms with Gasteiger partial charge < -0.3 is 9.84 Å². The van der Waals surface area contributed by atoms with Gasteiger partial charge in [-0.1, -0.05) is 36.4 Å². The summed E-state index contributed by atoms with van der Waals surface area (Å²) in [5.74, 6) is -1.01. The van der Waals surface area contributed by atoms with Crippen LogP contribution in [-0.4, -0.2) is 40.3 Å². The fourth-order valence-corrected chi connectivity index (χ4v) is 2.37. The summed E-state index contributed by atoms with van der Waals surface area (Å²) >= 11 is 0. The van der Waals surface area contributed by atoms with Crippen molar-refractivity contribution in [2.75, 3.05) is 6.54 Å². The molecule has 0 aliphatic carbocycles. The molecule has 1 N–H and O–H groups in total. The molecule has 0 spiro atoms. The number of aliphatic carboxylic acids is 1. The van der Waals surface area contributed by atoms with Crippen LogP contribution >= 0.6 is 0 Å². The Balaban J connectivity index is 2.18. The molecule has 5 heteroatoms. The topological polar surface area (TPSA) is 66.8 Å². The number of amides is 1. The lowest BCUT2D eigenvalue weighted by molar-refractivity contribution is -0.142. The van der Waals surface area contributed by atoms with Gasteiger partial charge in [0, 0.05) is 13.0 Å². The number of hydrogen-bond acceptors (Lipinski definition) is 3. The van der Waals surface area contributed by atoms with Crippen LogP contribution in [-0.2, 0) is 9.53 Å². The van der Waals surface area contributed by atoms with Crippen molar-refractivity contribution in [3.8, 4) is 0 Å². The second-order valence-electron chi connectivity index (χ2n) is 6.38. The maximum atomic E-state index is 12.2. The highest BCUT2D eigenvalue weighted by molar-refractivity contribution is 5.82. The van der Waals surface area contributed by atoms with Crippen molar-refractivity contribution in [1.29, 1.82) is 0 Å². The maximum Gasteiger partial charge on any atom is 0.411 e. The summed E-state index contributed by atoms with van der Waals surface area (Å²) in [5.41, 5.74) is 1.25. The number of rotatable bonds is 2.